The molecule has 0 N–H and O–H groups in total. The van der Waals surface area contributed by atoms with Crippen molar-refractivity contribution in [2.75, 3.05) is 7.11 Å². The van der Waals surface area contributed by atoms with E-state index in [9.17, 15) is 4.79 Å². The fraction of sp³-hybridized carbons (Fsp3) is 0.906. The van der Waals surface area contributed by atoms with E-state index in [1.807, 2.05) is 0 Å². The standard InChI is InChI=1S/C8H12O2.6C4H9.2Sn/c1-3-4-5-6-7-8(9)10-2;6*1-3-4-2;;/h1,3-4H,5-7H2,2H3;6*1,3-4H2,2H3;;/b4-3+;;;;;;;;. The number of carbonyl (C=O) groups is 1. The third-order valence-corrected chi connectivity index (χ3v) is 64.0. The van der Waals surface area contributed by atoms with E-state index < -0.39 is 36.8 Å². The average Bonchev–Trinajstić information content (AvgIpc) is 2.90. The van der Waals surface area contributed by atoms with Gasteiger partial charge in [0.05, 0.1) is 0 Å². The third-order valence-electron chi connectivity index (χ3n) is 8.80. The van der Waals surface area contributed by atoms with E-state index in [-0.39, 0.29) is 5.97 Å². The molecule has 0 aliphatic carbocycles. The average molecular weight is 720 g/mol. The molecule has 0 bridgehead atoms. The first kappa shape index (κ1) is 36.8. The first-order valence-electron chi connectivity index (χ1n) is 16.2. The predicted molar refractivity (Wildman–Crippen MR) is 169 cm³/mol. The van der Waals surface area contributed by atoms with Crippen molar-refractivity contribution in [3.05, 3.63) is 12.2 Å². The number of rotatable bonds is 25. The molecule has 36 heavy (non-hydrogen) atoms. The quantitative estimate of drug-likeness (QED) is 0.0406. The molecular weight excluding hydrogens is 654 g/mol. The maximum atomic E-state index is 11.7. The molecule has 0 aromatic heterocycles. The van der Waals surface area contributed by atoms with Gasteiger partial charge in [-0.3, -0.25) is 0 Å². The van der Waals surface area contributed by atoms with Crippen LogP contribution in [0.3, 0.4) is 0 Å². The molecule has 2 nitrogen and oxygen atoms in total. The number of carbonyl (C=O) groups excluding carboxylic acids is 1. The van der Waals surface area contributed by atoms with Gasteiger partial charge in [0.2, 0.25) is 0 Å². The second kappa shape index (κ2) is 23.7. The Hall–Kier alpha value is 0.807. The van der Waals surface area contributed by atoms with Gasteiger partial charge in [-0.25, -0.2) is 0 Å². The third kappa shape index (κ3) is 14.3. The Balaban J connectivity index is 6.63. The van der Waals surface area contributed by atoms with Crippen LogP contribution in [0.25, 0.3) is 0 Å². The van der Waals surface area contributed by atoms with Gasteiger partial charge < -0.3 is 0 Å². The SMILES string of the molecule is CCC[CH2][Sn]([CH2]CCC)([CH2]CCC)[CH](/C=C/CCCC(=O)OC)[Sn]([CH2]CCC)([CH2]CCC)[CH2]CCC. The summed E-state index contributed by atoms with van der Waals surface area (Å²) >= 11 is -4.89. The van der Waals surface area contributed by atoms with Crippen LogP contribution in [0, 0.1) is 0 Å². The fourth-order valence-electron chi connectivity index (χ4n) is 6.61. The Bertz CT molecular complexity index is 471. The molecule has 0 aliphatic rings. The molecule has 0 saturated carbocycles. The monoisotopic (exact) mass is 722 g/mol. The summed E-state index contributed by atoms with van der Waals surface area (Å²) in [5.74, 6) is -0.0512. The van der Waals surface area contributed by atoms with Crippen LogP contribution in [0.4, 0.5) is 0 Å². The first-order valence-corrected chi connectivity index (χ1v) is 31.6. The van der Waals surface area contributed by atoms with Gasteiger partial charge in [0.25, 0.3) is 0 Å². The maximum absolute atomic E-state index is 11.7. The predicted octanol–water partition coefficient (Wildman–Crippen LogP) is 11.5. The topological polar surface area (TPSA) is 26.3 Å². The van der Waals surface area contributed by atoms with Crippen LogP contribution in [-0.4, -0.2) is 49.8 Å². The van der Waals surface area contributed by atoms with E-state index in [4.69, 9.17) is 4.74 Å². The summed E-state index contributed by atoms with van der Waals surface area (Å²) in [6.45, 7) is 14.6. The molecule has 0 aliphatic heterocycles. The van der Waals surface area contributed by atoms with Gasteiger partial charge >= 0.3 is 238 Å². The minimum atomic E-state index is -2.45. The first-order chi connectivity index (χ1) is 17.5. The molecule has 0 aromatic carbocycles. The van der Waals surface area contributed by atoms with Crippen LogP contribution in [0.5, 0.6) is 0 Å². The van der Waals surface area contributed by atoms with Crippen molar-refractivity contribution < 1.29 is 9.53 Å². The van der Waals surface area contributed by atoms with Crippen molar-refractivity contribution >= 4 is 42.7 Å². The van der Waals surface area contributed by atoms with Gasteiger partial charge in [-0.1, -0.05) is 0 Å². The van der Waals surface area contributed by atoms with E-state index in [0.29, 0.717) is 6.42 Å². The second-order valence-electron chi connectivity index (χ2n) is 11.7. The van der Waals surface area contributed by atoms with E-state index >= 15 is 0 Å². The molecule has 4 heteroatoms. The van der Waals surface area contributed by atoms with Crippen molar-refractivity contribution in [3.8, 4) is 0 Å². The number of allylic oxidation sites excluding steroid dienone is 2. The Morgan fingerprint density at radius 1 is 0.611 bits per heavy atom. The van der Waals surface area contributed by atoms with Gasteiger partial charge in [-0.2, -0.15) is 0 Å². The molecule has 0 unspecified atom stereocenters. The normalized spacial score (nSPS) is 12.7. The molecule has 0 aromatic rings. The van der Waals surface area contributed by atoms with E-state index in [2.05, 4.69) is 53.7 Å². The van der Waals surface area contributed by atoms with Crippen LogP contribution in [0.1, 0.15) is 138 Å². The van der Waals surface area contributed by atoms with Gasteiger partial charge in [0.1, 0.15) is 0 Å². The van der Waals surface area contributed by atoms with Crippen molar-refractivity contribution in [2.45, 2.75) is 166 Å². The van der Waals surface area contributed by atoms with Crippen LogP contribution in [0.15, 0.2) is 12.2 Å². The Morgan fingerprint density at radius 3 is 1.22 bits per heavy atom. The minimum absolute atomic E-state index is 0.0512. The number of methoxy groups -OCH3 is 1. The summed E-state index contributed by atoms with van der Waals surface area (Å²) in [5, 5.41) is 0. The van der Waals surface area contributed by atoms with Gasteiger partial charge in [-0.15, -0.1) is 0 Å². The second-order valence-corrected chi connectivity index (χ2v) is 44.1. The number of esters is 1. The Morgan fingerprint density at radius 2 is 0.944 bits per heavy atom. The number of ether oxygens (including phenoxy) is 1. The zero-order chi connectivity index (χ0) is 27.1. The van der Waals surface area contributed by atoms with Crippen LogP contribution >= 0.6 is 0 Å². The zero-order valence-corrected chi connectivity index (χ0v) is 31.6. The zero-order valence-electron chi connectivity index (χ0n) is 25.9. The molecule has 0 saturated heterocycles. The van der Waals surface area contributed by atoms with Crippen molar-refractivity contribution in [2.24, 2.45) is 0 Å². The van der Waals surface area contributed by atoms with Gasteiger partial charge in [0.15, 0.2) is 0 Å². The Labute approximate surface area is 236 Å². The molecule has 0 amide bonds. The summed E-state index contributed by atoms with van der Waals surface area (Å²) in [7, 11) is 1.52. The molecule has 0 rings (SSSR count). The summed E-state index contributed by atoms with van der Waals surface area (Å²) in [5.41, 5.74) is 0. The number of unbranched alkanes of at least 4 members (excludes halogenated alkanes) is 7. The molecule has 0 atom stereocenters. The van der Waals surface area contributed by atoms with Crippen LogP contribution in [0.2, 0.25) is 28.6 Å². The summed E-state index contributed by atoms with van der Waals surface area (Å²) in [4.78, 5) is 11.7. The molecule has 0 heterocycles. The summed E-state index contributed by atoms with van der Waals surface area (Å²) in [6, 6.07) is 0. The van der Waals surface area contributed by atoms with E-state index in [1.54, 1.807) is 26.6 Å². The van der Waals surface area contributed by atoms with Crippen molar-refractivity contribution in [1.82, 2.24) is 0 Å². The van der Waals surface area contributed by atoms with Gasteiger partial charge in [-0.05, 0) is 0 Å². The van der Waals surface area contributed by atoms with Crippen LogP contribution < -0.4 is 0 Å². The van der Waals surface area contributed by atoms with E-state index in [1.165, 1.54) is 84.2 Å². The summed E-state index contributed by atoms with van der Waals surface area (Å²) in [6.07, 6.45) is 25.1. The summed E-state index contributed by atoms with van der Waals surface area (Å²) < 4.78 is 15.8. The van der Waals surface area contributed by atoms with Crippen molar-refractivity contribution in [1.29, 1.82) is 0 Å². The molecular formula is C32H66O2Sn2. The molecule has 0 fully saturated rings. The molecule has 214 valence electrons. The van der Waals surface area contributed by atoms with Crippen LogP contribution in [-0.2, 0) is 9.53 Å². The number of hydrogen-bond acceptors (Lipinski definition) is 2. The van der Waals surface area contributed by atoms with E-state index in [0.717, 1.165) is 14.8 Å². The Kier molecular flexibility index (Phi) is 24.2. The fourth-order valence-corrected chi connectivity index (χ4v) is 82.6. The molecule has 0 radical (unpaired) electrons. The molecule has 0 spiro atoms. The van der Waals surface area contributed by atoms with Crippen molar-refractivity contribution in [3.63, 3.8) is 0 Å². The number of hydrogen-bond donors (Lipinski definition) is 0. The van der Waals surface area contributed by atoms with Gasteiger partial charge in [0, 0.05) is 0 Å².